The summed E-state index contributed by atoms with van der Waals surface area (Å²) in [5.41, 5.74) is 2.49. The summed E-state index contributed by atoms with van der Waals surface area (Å²) in [4.78, 5) is 4.53. The first-order valence-corrected chi connectivity index (χ1v) is 6.85. The van der Waals surface area contributed by atoms with Crippen molar-refractivity contribution in [2.45, 2.75) is 53.0 Å². The summed E-state index contributed by atoms with van der Waals surface area (Å²) < 4.78 is 0. The van der Waals surface area contributed by atoms with Gasteiger partial charge in [-0.3, -0.25) is 4.98 Å². The topological polar surface area (TPSA) is 24.9 Å². The molecule has 0 aliphatic rings. The Kier molecular flexibility index (Phi) is 6.20. The van der Waals surface area contributed by atoms with E-state index in [-0.39, 0.29) is 0 Å². The molecule has 96 valence electrons. The maximum Gasteiger partial charge on any atom is 0.0578 e. The van der Waals surface area contributed by atoms with Crippen LogP contribution in [0.3, 0.4) is 0 Å². The van der Waals surface area contributed by atoms with Gasteiger partial charge in [-0.15, -0.1) is 0 Å². The number of nitrogens with one attached hydrogen (secondary N) is 1. The maximum atomic E-state index is 4.53. The summed E-state index contributed by atoms with van der Waals surface area (Å²) in [5.74, 6) is 0.640. The Hall–Kier alpha value is -0.890. The third-order valence-corrected chi connectivity index (χ3v) is 3.18. The molecule has 1 aromatic heterocycles. The second kappa shape index (κ2) is 7.44. The van der Waals surface area contributed by atoms with Gasteiger partial charge in [-0.25, -0.2) is 0 Å². The fraction of sp³-hybridized carbons (Fsp3) is 0.667. The molecule has 0 saturated carbocycles. The monoisotopic (exact) mass is 234 g/mol. The molecule has 0 aromatic carbocycles. The normalized spacial score (nSPS) is 14.6. The molecule has 1 N–H and O–H groups in total. The van der Waals surface area contributed by atoms with E-state index in [4.69, 9.17) is 0 Å². The molecule has 0 saturated heterocycles. The van der Waals surface area contributed by atoms with Gasteiger partial charge in [0.05, 0.1) is 11.7 Å². The van der Waals surface area contributed by atoms with Crippen LogP contribution in [0.25, 0.3) is 0 Å². The number of aromatic nitrogens is 1. The minimum Gasteiger partial charge on any atom is -0.308 e. The van der Waals surface area contributed by atoms with E-state index >= 15 is 0 Å². The smallest absolute Gasteiger partial charge is 0.0578 e. The largest absolute Gasteiger partial charge is 0.308 e. The highest BCUT2D eigenvalue weighted by Crippen LogP contribution is 2.24. The van der Waals surface area contributed by atoms with Gasteiger partial charge in [-0.1, -0.05) is 27.2 Å². The fourth-order valence-electron chi connectivity index (χ4n) is 2.25. The molecule has 1 aromatic rings. The van der Waals surface area contributed by atoms with Gasteiger partial charge in [0.2, 0.25) is 0 Å². The lowest BCUT2D eigenvalue weighted by molar-refractivity contribution is 0.356. The van der Waals surface area contributed by atoms with Gasteiger partial charge in [0.1, 0.15) is 0 Å². The molecule has 2 unspecified atom stereocenters. The van der Waals surface area contributed by atoms with Crippen molar-refractivity contribution in [3.05, 3.63) is 29.6 Å². The molecule has 1 heterocycles. The van der Waals surface area contributed by atoms with Gasteiger partial charge in [0, 0.05) is 6.20 Å². The summed E-state index contributed by atoms with van der Waals surface area (Å²) in [6.07, 6.45) is 5.57. The van der Waals surface area contributed by atoms with E-state index in [9.17, 15) is 0 Å². The molecule has 0 aliphatic heterocycles. The average molecular weight is 234 g/mol. The van der Waals surface area contributed by atoms with Crippen LogP contribution in [0.1, 0.15) is 57.3 Å². The number of hydrogen-bond acceptors (Lipinski definition) is 2. The zero-order chi connectivity index (χ0) is 12.7. The van der Waals surface area contributed by atoms with Crippen LogP contribution < -0.4 is 5.32 Å². The maximum absolute atomic E-state index is 4.53. The number of rotatable bonds is 7. The molecule has 0 amide bonds. The molecule has 17 heavy (non-hydrogen) atoms. The van der Waals surface area contributed by atoms with Gasteiger partial charge in [0.15, 0.2) is 0 Å². The molecular formula is C15H26N2. The summed E-state index contributed by atoms with van der Waals surface area (Å²) in [5, 5.41) is 3.64. The molecule has 0 radical (unpaired) electrons. The van der Waals surface area contributed by atoms with Gasteiger partial charge in [-0.05, 0) is 49.9 Å². The summed E-state index contributed by atoms with van der Waals surface area (Å²) in [6, 6.07) is 4.67. The van der Waals surface area contributed by atoms with Crippen LogP contribution in [0.4, 0.5) is 0 Å². The minimum absolute atomic E-state index is 0.398. The Morgan fingerprint density at radius 1 is 1.29 bits per heavy atom. The molecule has 0 fully saturated rings. The third kappa shape index (κ3) is 4.47. The van der Waals surface area contributed by atoms with Crippen molar-refractivity contribution in [1.29, 1.82) is 0 Å². The first-order valence-electron chi connectivity index (χ1n) is 6.85. The molecule has 1 rings (SSSR count). The lowest BCUT2D eigenvalue weighted by atomic mass is 9.93. The van der Waals surface area contributed by atoms with E-state index < -0.39 is 0 Å². The van der Waals surface area contributed by atoms with Gasteiger partial charge in [-0.2, -0.15) is 0 Å². The molecule has 0 spiro atoms. The molecular weight excluding hydrogens is 208 g/mol. The number of nitrogens with zero attached hydrogens (tertiary/aromatic N) is 1. The Morgan fingerprint density at radius 2 is 2.06 bits per heavy atom. The summed E-state index contributed by atoms with van der Waals surface area (Å²) >= 11 is 0. The highest BCUT2D eigenvalue weighted by molar-refractivity contribution is 5.17. The highest BCUT2D eigenvalue weighted by atomic mass is 14.9. The quantitative estimate of drug-likeness (QED) is 0.774. The average Bonchev–Trinajstić information content (AvgIpc) is 2.30. The van der Waals surface area contributed by atoms with Crippen molar-refractivity contribution in [2.24, 2.45) is 5.92 Å². The highest BCUT2D eigenvalue weighted by Gasteiger charge is 2.19. The Bertz CT molecular complexity index is 322. The summed E-state index contributed by atoms with van der Waals surface area (Å²) in [7, 11) is 0. The second-order valence-corrected chi connectivity index (χ2v) is 4.96. The van der Waals surface area contributed by atoms with E-state index in [0.717, 1.165) is 6.54 Å². The predicted molar refractivity (Wildman–Crippen MR) is 74.1 cm³/mol. The first-order chi connectivity index (χ1) is 8.19. The van der Waals surface area contributed by atoms with Crippen molar-refractivity contribution in [3.8, 4) is 0 Å². The molecule has 0 aliphatic carbocycles. The zero-order valence-corrected chi connectivity index (χ0v) is 11.7. The minimum atomic E-state index is 0.398. The third-order valence-electron chi connectivity index (χ3n) is 3.18. The van der Waals surface area contributed by atoms with E-state index in [1.54, 1.807) is 0 Å². The predicted octanol–water partition coefficient (Wildman–Crippen LogP) is 3.87. The molecule has 0 bridgehead atoms. The Balaban J connectivity index is 2.81. The van der Waals surface area contributed by atoms with E-state index in [0.29, 0.717) is 12.0 Å². The Labute approximate surface area is 106 Å². The van der Waals surface area contributed by atoms with Crippen LogP contribution >= 0.6 is 0 Å². The zero-order valence-electron chi connectivity index (χ0n) is 11.7. The van der Waals surface area contributed by atoms with Crippen molar-refractivity contribution in [3.63, 3.8) is 0 Å². The van der Waals surface area contributed by atoms with Crippen LogP contribution in [0.15, 0.2) is 18.3 Å². The van der Waals surface area contributed by atoms with Crippen molar-refractivity contribution in [1.82, 2.24) is 10.3 Å². The number of pyridine rings is 1. The van der Waals surface area contributed by atoms with Crippen molar-refractivity contribution < 1.29 is 0 Å². The lowest BCUT2D eigenvalue weighted by Crippen LogP contribution is -2.28. The van der Waals surface area contributed by atoms with Crippen LogP contribution in [-0.2, 0) is 0 Å². The second-order valence-electron chi connectivity index (χ2n) is 4.96. The van der Waals surface area contributed by atoms with E-state index in [1.807, 2.05) is 6.20 Å². The SMILES string of the molecule is CCCNC(c1cc(C)ccn1)C(C)CCC. The molecule has 2 nitrogen and oxygen atoms in total. The van der Waals surface area contributed by atoms with Crippen LogP contribution in [0.2, 0.25) is 0 Å². The van der Waals surface area contributed by atoms with E-state index in [1.165, 1.54) is 30.5 Å². The molecule has 2 heteroatoms. The lowest BCUT2D eigenvalue weighted by Gasteiger charge is -2.24. The van der Waals surface area contributed by atoms with Crippen molar-refractivity contribution >= 4 is 0 Å². The summed E-state index contributed by atoms with van der Waals surface area (Å²) in [6.45, 7) is 9.97. The first kappa shape index (κ1) is 14.2. The van der Waals surface area contributed by atoms with Crippen LogP contribution in [0.5, 0.6) is 0 Å². The Morgan fingerprint density at radius 3 is 2.65 bits per heavy atom. The van der Waals surface area contributed by atoms with Gasteiger partial charge < -0.3 is 5.32 Å². The molecule has 2 atom stereocenters. The van der Waals surface area contributed by atoms with Gasteiger partial charge in [0.25, 0.3) is 0 Å². The fourth-order valence-corrected chi connectivity index (χ4v) is 2.25. The standard InChI is InChI=1S/C15H26N2/c1-5-7-13(4)15(17-9-6-2)14-11-12(3)8-10-16-14/h8,10-11,13,15,17H,5-7,9H2,1-4H3. The van der Waals surface area contributed by atoms with Crippen LogP contribution in [0, 0.1) is 12.8 Å². The number of aryl methyl sites for hydroxylation is 1. The van der Waals surface area contributed by atoms with Crippen molar-refractivity contribution in [2.75, 3.05) is 6.54 Å². The van der Waals surface area contributed by atoms with Gasteiger partial charge >= 0.3 is 0 Å². The van der Waals surface area contributed by atoms with E-state index in [2.05, 4.69) is 50.1 Å². The van der Waals surface area contributed by atoms with Crippen LogP contribution in [-0.4, -0.2) is 11.5 Å². The number of hydrogen-bond donors (Lipinski definition) is 1.